The first-order valence-corrected chi connectivity index (χ1v) is 25.0. The van der Waals surface area contributed by atoms with Crippen LogP contribution in [0.3, 0.4) is 0 Å². The Bertz CT molecular complexity index is 2110. The number of nitrogens with zero attached hydrogens (tertiary/aromatic N) is 3. The van der Waals surface area contributed by atoms with Crippen molar-refractivity contribution in [1.29, 1.82) is 0 Å². The Morgan fingerprint density at radius 3 is 1.01 bits per heavy atom. The van der Waals surface area contributed by atoms with Crippen molar-refractivity contribution in [2.24, 2.45) is 5.92 Å². The average Bonchev–Trinajstić information content (AvgIpc) is 3.31. The van der Waals surface area contributed by atoms with Gasteiger partial charge in [-0.05, 0) is 82.3 Å². The molecule has 0 saturated heterocycles. The van der Waals surface area contributed by atoms with Crippen molar-refractivity contribution in [2.45, 2.75) is 170 Å². The van der Waals surface area contributed by atoms with Crippen molar-refractivity contribution >= 4 is 17.9 Å². The first kappa shape index (κ1) is 55.5. The molecule has 4 rings (SSSR count). The van der Waals surface area contributed by atoms with Crippen LogP contribution in [-0.2, 0) is 28.6 Å². The molecule has 0 bridgehead atoms. The third-order valence-electron chi connectivity index (χ3n) is 11.4. The molecule has 3 N–H and O–H groups in total. The van der Waals surface area contributed by atoms with E-state index in [0.29, 0.717) is 19.1 Å². The van der Waals surface area contributed by atoms with Gasteiger partial charge in [0.15, 0.2) is 35.8 Å². The number of phenols is 3. The summed E-state index contributed by atoms with van der Waals surface area (Å²) < 4.78 is 33.7. The van der Waals surface area contributed by atoms with Gasteiger partial charge in [0.05, 0.1) is 36.5 Å². The lowest BCUT2D eigenvalue weighted by Crippen LogP contribution is -2.26. The van der Waals surface area contributed by atoms with Crippen molar-refractivity contribution in [3.8, 4) is 68.7 Å². The maximum absolute atomic E-state index is 12.7. The summed E-state index contributed by atoms with van der Waals surface area (Å²) in [6.45, 7) is 14.3. The van der Waals surface area contributed by atoms with E-state index < -0.39 is 36.2 Å². The number of aromatic nitrogens is 3. The molecule has 0 radical (unpaired) electrons. The van der Waals surface area contributed by atoms with Crippen molar-refractivity contribution in [3.63, 3.8) is 0 Å². The molecule has 3 atom stereocenters. The van der Waals surface area contributed by atoms with E-state index in [1.807, 2.05) is 0 Å². The van der Waals surface area contributed by atoms with Gasteiger partial charge >= 0.3 is 17.9 Å². The summed E-state index contributed by atoms with van der Waals surface area (Å²) in [5, 5.41) is 34.0. The van der Waals surface area contributed by atoms with Gasteiger partial charge in [0.25, 0.3) is 0 Å². The Morgan fingerprint density at radius 2 is 0.725 bits per heavy atom. The molecule has 0 fully saturated rings. The summed E-state index contributed by atoms with van der Waals surface area (Å²) in [4.78, 5) is 51.9. The SMILES string of the molecule is CCCCCCCCOC(=O)C(C)Oc1ccc(-c2nc(-c3ccc(OC(C)C(=O)OCCCCCCCC)cc3O)nc(-c3ccc(OC(C)C(=O)OCCCCCC(C)C)cc3O)n2)c(O)c1. The van der Waals surface area contributed by atoms with Crippen molar-refractivity contribution in [1.82, 2.24) is 15.0 Å². The normalized spacial score (nSPS) is 12.5. The van der Waals surface area contributed by atoms with Crippen LogP contribution in [0.25, 0.3) is 34.2 Å². The summed E-state index contributed by atoms with van der Waals surface area (Å²) in [6.07, 6.45) is 13.7. The van der Waals surface area contributed by atoms with Crippen LogP contribution in [0.15, 0.2) is 54.6 Å². The zero-order valence-corrected chi connectivity index (χ0v) is 41.8. The number of carbonyl (C=O) groups excluding carboxylic acids is 3. The van der Waals surface area contributed by atoms with E-state index in [9.17, 15) is 29.7 Å². The number of esters is 3. The van der Waals surface area contributed by atoms with Gasteiger partial charge in [0.1, 0.15) is 34.5 Å². The molecule has 0 aliphatic heterocycles. The molecule has 0 spiro atoms. The maximum atomic E-state index is 12.7. The van der Waals surface area contributed by atoms with E-state index in [-0.39, 0.29) is 75.3 Å². The van der Waals surface area contributed by atoms with Crippen LogP contribution < -0.4 is 14.2 Å². The molecule has 69 heavy (non-hydrogen) atoms. The molecule has 0 amide bonds. The average molecular weight is 958 g/mol. The van der Waals surface area contributed by atoms with E-state index in [2.05, 4.69) is 42.6 Å². The second kappa shape index (κ2) is 29.7. The third kappa shape index (κ3) is 19.1. The van der Waals surface area contributed by atoms with Crippen LogP contribution in [0.4, 0.5) is 0 Å². The van der Waals surface area contributed by atoms with Crippen LogP contribution in [0.5, 0.6) is 34.5 Å². The minimum Gasteiger partial charge on any atom is -0.507 e. The Hall–Kier alpha value is -6.12. The number of hydrogen-bond acceptors (Lipinski definition) is 15. The van der Waals surface area contributed by atoms with Gasteiger partial charge in [0.2, 0.25) is 0 Å². The van der Waals surface area contributed by atoms with Crippen LogP contribution >= 0.6 is 0 Å². The zero-order chi connectivity index (χ0) is 50.1. The summed E-state index contributed by atoms with van der Waals surface area (Å²) in [5.74, 6) is -1.37. The number of ether oxygens (including phenoxy) is 6. The molecular weight excluding hydrogens is 883 g/mol. The number of unbranched alkanes of at least 4 members (excludes halogenated alkanes) is 12. The molecule has 1 aromatic heterocycles. The second-order valence-electron chi connectivity index (χ2n) is 17.9. The molecular formula is C54H75N3O12. The Kier molecular flexibility index (Phi) is 23.9. The van der Waals surface area contributed by atoms with E-state index in [4.69, 9.17) is 28.4 Å². The molecule has 3 unspecified atom stereocenters. The van der Waals surface area contributed by atoms with Crippen molar-refractivity contribution in [2.75, 3.05) is 19.8 Å². The molecule has 15 nitrogen and oxygen atoms in total. The summed E-state index contributed by atoms with van der Waals surface area (Å²) >= 11 is 0. The fraction of sp³-hybridized carbons (Fsp3) is 0.556. The lowest BCUT2D eigenvalue weighted by molar-refractivity contribution is -0.152. The van der Waals surface area contributed by atoms with Gasteiger partial charge in [-0.25, -0.2) is 29.3 Å². The van der Waals surface area contributed by atoms with E-state index >= 15 is 0 Å². The Balaban J connectivity index is 1.55. The molecule has 0 saturated carbocycles. The first-order chi connectivity index (χ1) is 33.2. The minimum absolute atomic E-state index is 0.0350. The molecule has 1 heterocycles. The van der Waals surface area contributed by atoms with Crippen molar-refractivity contribution < 1.29 is 58.1 Å². The smallest absolute Gasteiger partial charge is 0.347 e. The topological polar surface area (TPSA) is 206 Å². The molecule has 4 aromatic rings. The highest BCUT2D eigenvalue weighted by Gasteiger charge is 2.23. The fourth-order valence-electron chi connectivity index (χ4n) is 7.28. The van der Waals surface area contributed by atoms with E-state index in [1.54, 1.807) is 39.0 Å². The first-order valence-electron chi connectivity index (χ1n) is 25.0. The number of phenolic OH excluding ortho intramolecular Hbond substituents is 3. The fourth-order valence-corrected chi connectivity index (χ4v) is 7.28. The van der Waals surface area contributed by atoms with Gasteiger partial charge in [-0.2, -0.15) is 0 Å². The second-order valence-corrected chi connectivity index (χ2v) is 17.9. The molecule has 0 aliphatic rings. The van der Waals surface area contributed by atoms with E-state index in [1.165, 1.54) is 49.2 Å². The van der Waals surface area contributed by atoms with Crippen LogP contribution in [0.1, 0.15) is 151 Å². The van der Waals surface area contributed by atoms with Crippen LogP contribution in [0.2, 0.25) is 0 Å². The predicted molar refractivity (Wildman–Crippen MR) is 264 cm³/mol. The molecule has 0 aliphatic carbocycles. The third-order valence-corrected chi connectivity index (χ3v) is 11.4. The van der Waals surface area contributed by atoms with Gasteiger partial charge in [-0.3, -0.25) is 0 Å². The predicted octanol–water partition coefficient (Wildman–Crippen LogP) is 11.9. The number of rotatable bonds is 32. The monoisotopic (exact) mass is 958 g/mol. The van der Waals surface area contributed by atoms with Crippen LogP contribution in [0, 0.1) is 5.92 Å². The highest BCUT2D eigenvalue weighted by atomic mass is 16.6. The maximum Gasteiger partial charge on any atom is 0.347 e. The number of benzene rings is 3. The zero-order valence-electron chi connectivity index (χ0n) is 41.8. The standard InChI is InChI=1S/C54H75N3O12/c1-8-10-12-14-16-20-30-64-52(61)37(5)67-40-24-27-43(46(58)33-40)49-55-50(44-28-25-41(34-47(44)59)68-38(6)53(62)65-31-21-17-15-13-11-9-2)57-51(56-49)45-29-26-42(35-48(45)60)69-39(7)54(63)66-32-22-18-19-23-36(3)4/h24-29,33-39,58-60H,8-23,30-32H2,1-7H3. The highest BCUT2D eigenvalue weighted by Crippen LogP contribution is 2.38. The number of hydrogen-bond donors (Lipinski definition) is 3. The number of carbonyl (C=O) groups is 3. The molecule has 3 aromatic carbocycles. The van der Waals surface area contributed by atoms with Gasteiger partial charge in [-0.15, -0.1) is 0 Å². The van der Waals surface area contributed by atoms with Gasteiger partial charge < -0.3 is 43.7 Å². The van der Waals surface area contributed by atoms with Gasteiger partial charge in [-0.1, -0.05) is 111 Å². The highest BCUT2D eigenvalue weighted by molar-refractivity contribution is 5.77. The summed E-state index contributed by atoms with van der Waals surface area (Å²) in [7, 11) is 0. The lowest BCUT2D eigenvalue weighted by Gasteiger charge is -2.16. The number of aromatic hydroxyl groups is 3. The van der Waals surface area contributed by atoms with E-state index in [0.717, 1.165) is 89.9 Å². The lowest BCUT2D eigenvalue weighted by atomic mass is 10.1. The summed E-state index contributed by atoms with van der Waals surface area (Å²) in [5.41, 5.74) is 0.430. The Morgan fingerprint density at radius 1 is 0.435 bits per heavy atom. The molecule has 378 valence electrons. The van der Waals surface area contributed by atoms with Crippen LogP contribution in [-0.4, -0.2) is 86.3 Å². The minimum atomic E-state index is -0.955. The van der Waals surface area contributed by atoms with Gasteiger partial charge in [0, 0.05) is 18.2 Å². The molecule has 15 heteroatoms. The van der Waals surface area contributed by atoms with Crippen molar-refractivity contribution in [3.05, 3.63) is 54.6 Å². The quantitative estimate of drug-likeness (QED) is 0.0236. The summed E-state index contributed by atoms with van der Waals surface area (Å²) in [6, 6.07) is 13.1. The Labute approximate surface area is 408 Å². The largest absolute Gasteiger partial charge is 0.507 e.